The fraction of sp³-hybridized carbons (Fsp3) is 0.381. The van der Waals surface area contributed by atoms with E-state index in [4.69, 9.17) is 10.5 Å². The van der Waals surface area contributed by atoms with Gasteiger partial charge in [-0.2, -0.15) is 0 Å². The third kappa shape index (κ3) is 5.59. The van der Waals surface area contributed by atoms with Gasteiger partial charge in [0.25, 0.3) is 0 Å². The van der Waals surface area contributed by atoms with Crippen molar-refractivity contribution in [2.75, 3.05) is 25.5 Å². The molecule has 3 N–H and O–H groups in total. The van der Waals surface area contributed by atoms with Crippen molar-refractivity contribution >= 4 is 35.6 Å². The zero-order valence-corrected chi connectivity index (χ0v) is 18.6. The molecular weight excluding hydrogens is 451 g/mol. The first-order chi connectivity index (χ1) is 12.5. The number of rotatable bonds is 5. The molecule has 0 saturated heterocycles. The molecule has 3 rings (SSSR count). The molecule has 5 nitrogen and oxygen atoms in total. The van der Waals surface area contributed by atoms with Crippen LogP contribution >= 0.6 is 24.0 Å². The Balaban J connectivity index is 0.00000261. The minimum Gasteiger partial charge on any atom is -0.497 e. The van der Waals surface area contributed by atoms with Crippen LogP contribution in [0.25, 0.3) is 0 Å². The number of nitrogens with two attached hydrogens (primary N) is 1. The van der Waals surface area contributed by atoms with E-state index in [9.17, 15) is 0 Å². The lowest BCUT2D eigenvalue weighted by Crippen LogP contribution is -2.49. The van der Waals surface area contributed by atoms with Crippen LogP contribution in [0.3, 0.4) is 0 Å². The maximum Gasteiger partial charge on any atom is 0.193 e. The smallest absolute Gasteiger partial charge is 0.193 e. The van der Waals surface area contributed by atoms with Crippen molar-refractivity contribution in [3.05, 3.63) is 59.7 Å². The highest BCUT2D eigenvalue weighted by atomic mass is 127. The molecule has 0 saturated carbocycles. The number of ether oxygens (including phenoxy) is 1. The number of nitrogens with zero attached hydrogens (tertiary/aromatic N) is 2. The summed E-state index contributed by atoms with van der Waals surface area (Å²) in [6.45, 7) is 7.11. The van der Waals surface area contributed by atoms with Crippen molar-refractivity contribution in [3.63, 3.8) is 0 Å². The summed E-state index contributed by atoms with van der Waals surface area (Å²) in [6.07, 6.45) is 1.09. The Morgan fingerprint density at radius 3 is 2.48 bits per heavy atom. The number of hydrogen-bond acceptors (Lipinski definition) is 3. The Morgan fingerprint density at radius 2 is 1.81 bits per heavy atom. The van der Waals surface area contributed by atoms with E-state index in [2.05, 4.69) is 53.3 Å². The molecule has 0 spiro atoms. The van der Waals surface area contributed by atoms with Gasteiger partial charge < -0.3 is 15.8 Å². The average Bonchev–Trinajstić information content (AvgIpc) is 2.67. The van der Waals surface area contributed by atoms with E-state index in [0.717, 1.165) is 30.9 Å². The van der Waals surface area contributed by atoms with Crippen molar-refractivity contribution < 1.29 is 4.74 Å². The molecule has 1 heterocycles. The Hall–Kier alpha value is -1.80. The highest BCUT2D eigenvalue weighted by Gasteiger charge is 2.29. The zero-order valence-electron chi connectivity index (χ0n) is 16.2. The lowest BCUT2D eigenvalue weighted by atomic mass is 9.94. The van der Waals surface area contributed by atoms with E-state index in [1.54, 1.807) is 7.11 Å². The van der Waals surface area contributed by atoms with E-state index in [1.807, 2.05) is 24.3 Å². The maximum atomic E-state index is 6.08. The lowest BCUT2D eigenvalue weighted by Gasteiger charge is -2.40. The van der Waals surface area contributed by atoms with Crippen LogP contribution in [0.2, 0.25) is 0 Å². The molecule has 27 heavy (non-hydrogen) atoms. The van der Waals surface area contributed by atoms with Gasteiger partial charge in [-0.15, -0.1) is 24.0 Å². The minimum atomic E-state index is -0.0558. The van der Waals surface area contributed by atoms with Crippen LogP contribution in [0.4, 0.5) is 5.69 Å². The van der Waals surface area contributed by atoms with E-state index in [-0.39, 0.29) is 29.5 Å². The second-order valence-corrected chi connectivity index (χ2v) is 7.31. The average molecular weight is 480 g/mol. The Bertz CT molecular complexity index is 774. The number of fused-ring (bicyclic) bond motifs is 1. The molecule has 0 amide bonds. The summed E-state index contributed by atoms with van der Waals surface area (Å²) < 4.78 is 5.16. The summed E-state index contributed by atoms with van der Waals surface area (Å²) in [6, 6.07) is 16.3. The van der Waals surface area contributed by atoms with Crippen LogP contribution in [0, 0.1) is 0 Å². The number of anilines is 1. The van der Waals surface area contributed by atoms with Gasteiger partial charge in [0.05, 0.1) is 13.7 Å². The number of aliphatic imine (C=N–C) groups is 1. The van der Waals surface area contributed by atoms with Gasteiger partial charge in [0.15, 0.2) is 5.96 Å². The van der Waals surface area contributed by atoms with Gasteiger partial charge in [0.2, 0.25) is 0 Å². The van der Waals surface area contributed by atoms with E-state index in [1.165, 1.54) is 11.1 Å². The van der Waals surface area contributed by atoms with Gasteiger partial charge in [-0.25, -0.2) is 0 Å². The third-order valence-electron chi connectivity index (χ3n) is 4.99. The predicted octanol–water partition coefficient (Wildman–Crippen LogP) is 3.88. The van der Waals surface area contributed by atoms with E-state index < -0.39 is 0 Å². The summed E-state index contributed by atoms with van der Waals surface area (Å²) in [5, 5.41) is 3.14. The molecule has 0 aliphatic carbocycles. The molecule has 0 atom stereocenters. The molecule has 1 aliphatic rings. The molecule has 0 radical (unpaired) electrons. The standard InChI is InChI=1S/C21H28N4O.HI/c1-21(2,25-13-12-16-6-4-5-7-17(16)14-25)15-23-20(22)24-18-8-10-19(26-3)11-9-18;/h4-11H,12-15H2,1-3H3,(H3,22,23,24);1H. The van der Waals surface area contributed by atoms with E-state index in [0.29, 0.717) is 12.5 Å². The third-order valence-corrected chi connectivity index (χ3v) is 4.99. The number of methoxy groups -OCH3 is 1. The quantitative estimate of drug-likeness (QED) is 0.388. The van der Waals surface area contributed by atoms with Crippen LogP contribution in [0.1, 0.15) is 25.0 Å². The minimum absolute atomic E-state index is 0. The summed E-state index contributed by atoms with van der Waals surface area (Å²) in [5.41, 5.74) is 9.80. The molecule has 2 aromatic rings. The summed E-state index contributed by atoms with van der Waals surface area (Å²) in [4.78, 5) is 7.06. The van der Waals surface area contributed by atoms with Crippen LogP contribution in [0.5, 0.6) is 5.75 Å². The second kappa shape index (κ2) is 9.41. The zero-order chi connectivity index (χ0) is 18.6. The van der Waals surface area contributed by atoms with Gasteiger partial charge in [0.1, 0.15) is 5.75 Å². The molecule has 1 aliphatic heterocycles. The summed E-state index contributed by atoms with van der Waals surface area (Å²) in [7, 11) is 1.65. The molecule has 0 aromatic heterocycles. The molecule has 0 unspecified atom stereocenters. The first-order valence-electron chi connectivity index (χ1n) is 9.01. The monoisotopic (exact) mass is 480 g/mol. The van der Waals surface area contributed by atoms with Crippen LogP contribution in [-0.4, -0.2) is 36.6 Å². The highest BCUT2D eigenvalue weighted by molar-refractivity contribution is 14.0. The number of nitrogens with one attached hydrogen (secondary N) is 1. The molecule has 0 bridgehead atoms. The number of benzene rings is 2. The summed E-state index contributed by atoms with van der Waals surface area (Å²) >= 11 is 0. The number of hydrogen-bond donors (Lipinski definition) is 2. The van der Waals surface area contributed by atoms with Crippen molar-refractivity contribution in [2.24, 2.45) is 10.7 Å². The molecule has 2 aromatic carbocycles. The molecular formula is C21H29IN4O. The largest absolute Gasteiger partial charge is 0.497 e. The first-order valence-corrected chi connectivity index (χ1v) is 9.01. The van der Waals surface area contributed by atoms with Crippen molar-refractivity contribution in [1.29, 1.82) is 0 Å². The fourth-order valence-electron chi connectivity index (χ4n) is 3.25. The SMILES string of the molecule is COc1ccc(NC(N)=NCC(C)(C)N2CCc3ccccc3C2)cc1.I. The molecule has 146 valence electrons. The molecule has 6 heteroatoms. The van der Waals surface area contributed by atoms with Crippen molar-refractivity contribution in [1.82, 2.24) is 4.90 Å². The van der Waals surface area contributed by atoms with E-state index >= 15 is 0 Å². The normalized spacial score (nSPS) is 14.9. The van der Waals surface area contributed by atoms with Gasteiger partial charge >= 0.3 is 0 Å². The van der Waals surface area contributed by atoms with Crippen LogP contribution in [0.15, 0.2) is 53.5 Å². The number of halogens is 1. The van der Waals surface area contributed by atoms with Crippen LogP contribution < -0.4 is 15.8 Å². The first kappa shape index (κ1) is 21.5. The van der Waals surface area contributed by atoms with Gasteiger partial charge in [-0.1, -0.05) is 24.3 Å². The second-order valence-electron chi connectivity index (χ2n) is 7.31. The lowest BCUT2D eigenvalue weighted by molar-refractivity contribution is 0.112. The molecule has 0 fully saturated rings. The van der Waals surface area contributed by atoms with Gasteiger partial charge in [-0.05, 0) is 55.7 Å². The Morgan fingerprint density at radius 1 is 1.15 bits per heavy atom. The predicted molar refractivity (Wildman–Crippen MR) is 123 cm³/mol. The van der Waals surface area contributed by atoms with Gasteiger partial charge in [-0.3, -0.25) is 9.89 Å². The van der Waals surface area contributed by atoms with Crippen molar-refractivity contribution in [2.45, 2.75) is 32.4 Å². The Kier molecular flexibility index (Phi) is 7.49. The Labute approximate surface area is 179 Å². The number of guanidine groups is 1. The van der Waals surface area contributed by atoms with Crippen molar-refractivity contribution in [3.8, 4) is 5.75 Å². The fourth-order valence-corrected chi connectivity index (χ4v) is 3.25. The topological polar surface area (TPSA) is 62.9 Å². The van der Waals surface area contributed by atoms with Crippen LogP contribution in [-0.2, 0) is 13.0 Å². The van der Waals surface area contributed by atoms with Gasteiger partial charge in [0, 0.05) is 24.3 Å². The maximum absolute atomic E-state index is 6.08. The summed E-state index contributed by atoms with van der Waals surface area (Å²) in [5.74, 6) is 1.25. The highest BCUT2D eigenvalue weighted by Crippen LogP contribution is 2.25.